The van der Waals surface area contributed by atoms with E-state index in [-0.39, 0.29) is 12.2 Å². The van der Waals surface area contributed by atoms with Gasteiger partial charge in [0.25, 0.3) is 5.69 Å². The Bertz CT molecular complexity index is 613. The number of carbonyl (C=O) groups excluding carboxylic acids is 1. The maximum Gasteiger partial charge on any atom is 0.410 e. The number of β-amino-alcohol motifs (C(OH)–C–C–N with tert-alkyl or cyclic N) is 1. The van der Waals surface area contributed by atoms with Gasteiger partial charge in [-0.25, -0.2) is 9.78 Å². The molecule has 1 aliphatic rings. The van der Waals surface area contributed by atoms with E-state index in [1.54, 1.807) is 32.7 Å². The number of rotatable bonds is 3. The normalized spacial score (nSPS) is 20.8. The zero-order valence-corrected chi connectivity index (χ0v) is 14.2. The molecule has 1 saturated heterocycles. The summed E-state index contributed by atoms with van der Waals surface area (Å²) in [4.78, 5) is 29.5. The summed E-state index contributed by atoms with van der Waals surface area (Å²) in [7, 11) is 1.58. The SMILES string of the molecule is CN(C(=O)OC(C)(C)C)[C@@H]1CN(c2ccc([N+](=O)[O-])cn2)C[C@H]1O. The number of aliphatic hydroxyl groups excluding tert-OH is 1. The number of aromatic nitrogens is 1. The quantitative estimate of drug-likeness (QED) is 0.655. The molecule has 0 aromatic carbocycles. The van der Waals surface area contributed by atoms with Crippen LogP contribution in [0.2, 0.25) is 0 Å². The molecular weight excluding hydrogens is 316 g/mol. The predicted octanol–water partition coefficient (Wildman–Crippen LogP) is 1.41. The summed E-state index contributed by atoms with van der Waals surface area (Å²) in [6.45, 7) is 5.97. The first-order chi connectivity index (χ1) is 11.1. The van der Waals surface area contributed by atoms with Crippen molar-refractivity contribution in [3.8, 4) is 0 Å². The third-order valence-electron chi connectivity index (χ3n) is 3.71. The average Bonchev–Trinajstić information content (AvgIpc) is 2.86. The van der Waals surface area contributed by atoms with Crippen molar-refractivity contribution < 1.29 is 19.6 Å². The number of nitro groups is 1. The van der Waals surface area contributed by atoms with Crippen LogP contribution in [0.3, 0.4) is 0 Å². The van der Waals surface area contributed by atoms with Crippen LogP contribution in [0.5, 0.6) is 0 Å². The Morgan fingerprint density at radius 3 is 2.62 bits per heavy atom. The third-order valence-corrected chi connectivity index (χ3v) is 3.71. The van der Waals surface area contributed by atoms with Gasteiger partial charge in [-0.15, -0.1) is 0 Å². The second-order valence-electron chi connectivity index (χ2n) is 6.76. The molecule has 1 amide bonds. The van der Waals surface area contributed by atoms with Crippen LogP contribution in [-0.2, 0) is 4.74 Å². The molecule has 1 N–H and O–H groups in total. The minimum absolute atomic E-state index is 0.0964. The standard InChI is InChI=1S/C15H22N4O5/c1-15(2,3)24-14(21)17(4)11-8-18(9-12(11)20)13-6-5-10(7-16-13)19(22)23/h5-7,11-12,20H,8-9H2,1-4H3/t11-,12-/m1/s1. The van der Waals surface area contributed by atoms with Gasteiger partial charge in [-0.1, -0.05) is 0 Å². The fourth-order valence-corrected chi connectivity index (χ4v) is 2.48. The molecule has 9 heteroatoms. The number of anilines is 1. The van der Waals surface area contributed by atoms with Gasteiger partial charge in [0.05, 0.1) is 17.1 Å². The monoisotopic (exact) mass is 338 g/mol. The molecule has 0 saturated carbocycles. The molecule has 2 heterocycles. The van der Waals surface area contributed by atoms with Gasteiger partial charge in [0.1, 0.15) is 17.6 Å². The molecular formula is C15H22N4O5. The molecule has 24 heavy (non-hydrogen) atoms. The minimum atomic E-state index is -0.764. The maximum absolute atomic E-state index is 12.1. The van der Waals surface area contributed by atoms with Crippen molar-refractivity contribution >= 4 is 17.6 Å². The van der Waals surface area contributed by atoms with Crippen LogP contribution in [0.4, 0.5) is 16.3 Å². The second-order valence-corrected chi connectivity index (χ2v) is 6.76. The topological polar surface area (TPSA) is 109 Å². The highest BCUT2D eigenvalue weighted by Crippen LogP contribution is 2.24. The molecule has 132 valence electrons. The van der Waals surface area contributed by atoms with E-state index < -0.39 is 28.8 Å². The summed E-state index contributed by atoms with van der Waals surface area (Å²) in [5.74, 6) is 0.514. The van der Waals surface area contributed by atoms with Crippen molar-refractivity contribution in [3.63, 3.8) is 0 Å². The summed E-state index contributed by atoms with van der Waals surface area (Å²) in [5.41, 5.74) is -0.713. The highest BCUT2D eigenvalue weighted by molar-refractivity contribution is 5.68. The summed E-state index contributed by atoms with van der Waals surface area (Å²) in [6.07, 6.45) is -0.100. The van der Waals surface area contributed by atoms with Gasteiger partial charge >= 0.3 is 6.09 Å². The molecule has 0 bridgehead atoms. The zero-order valence-electron chi connectivity index (χ0n) is 14.2. The van der Waals surface area contributed by atoms with E-state index in [4.69, 9.17) is 4.74 Å². The predicted molar refractivity (Wildman–Crippen MR) is 86.9 cm³/mol. The molecule has 0 unspecified atom stereocenters. The van der Waals surface area contributed by atoms with Gasteiger partial charge < -0.3 is 19.6 Å². The Kier molecular flexibility index (Phi) is 4.93. The van der Waals surface area contributed by atoms with Crippen molar-refractivity contribution in [1.82, 2.24) is 9.88 Å². The van der Waals surface area contributed by atoms with Crippen LogP contribution in [-0.4, -0.2) is 63.9 Å². The summed E-state index contributed by atoms with van der Waals surface area (Å²) < 4.78 is 5.31. The first-order valence-corrected chi connectivity index (χ1v) is 7.58. The number of pyridine rings is 1. The van der Waals surface area contributed by atoms with Crippen LogP contribution in [0.25, 0.3) is 0 Å². The van der Waals surface area contributed by atoms with Crippen molar-refractivity contribution in [2.75, 3.05) is 25.0 Å². The van der Waals surface area contributed by atoms with Crippen molar-refractivity contribution in [2.24, 2.45) is 0 Å². The molecule has 1 aliphatic heterocycles. The summed E-state index contributed by atoms with van der Waals surface area (Å²) >= 11 is 0. The Labute approximate surface area is 140 Å². The third kappa shape index (κ3) is 4.10. The van der Waals surface area contributed by atoms with E-state index in [2.05, 4.69) is 4.98 Å². The zero-order chi connectivity index (χ0) is 18.1. The molecule has 1 aromatic heterocycles. The Morgan fingerprint density at radius 1 is 1.46 bits per heavy atom. The lowest BCUT2D eigenvalue weighted by molar-refractivity contribution is -0.385. The van der Waals surface area contributed by atoms with Gasteiger partial charge in [0.2, 0.25) is 0 Å². The molecule has 2 atom stereocenters. The average molecular weight is 338 g/mol. The van der Waals surface area contributed by atoms with Gasteiger partial charge in [0, 0.05) is 26.2 Å². The smallest absolute Gasteiger partial charge is 0.410 e. The van der Waals surface area contributed by atoms with E-state index in [0.717, 1.165) is 0 Å². The molecule has 0 radical (unpaired) electrons. The van der Waals surface area contributed by atoms with E-state index >= 15 is 0 Å². The number of ether oxygens (including phenoxy) is 1. The fraction of sp³-hybridized carbons (Fsp3) is 0.600. The lowest BCUT2D eigenvalue weighted by Crippen LogP contribution is -2.46. The van der Waals surface area contributed by atoms with Gasteiger partial charge in [-0.2, -0.15) is 0 Å². The van der Waals surface area contributed by atoms with Crippen LogP contribution >= 0.6 is 0 Å². The van der Waals surface area contributed by atoms with Gasteiger partial charge in [-0.3, -0.25) is 10.1 Å². The Hall–Kier alpha value is -2.42. The minimum Gasteiger partial charge on any atom is -0.444 e. The van der Waals surface area contributed by atoms with Gasteiger partial charge in [0.15, 0.2) is 0 Å². The van der Waals surface area contributed by atoms with Crippen molar-refractivity contribution in [1.29, 1.82) is 0 Å². The highest BCUT2D eigenvalue weighted by atomic mass is 16.6. The first-order valence-electron chi connectivity index (χ1n) is 7.58. The van der Waals surface area contributed by atoms with Crippen molar-refractivity contribution in [2.45, 2.75) is 38.5 Å². The van der Waals surface area contributed by atoms with Crippen LogP contribution in [0.1, 0.15) is 20.8 Å². The largest absolute Gasteiger partial charge is 0.444 e. The van der Waals surface area contributed by atoms with E-state index in [9.17, 15) is 20.0 Å². The number of hydrogen-bond acceptors (Lipinski definition) is 7. The van der Waals surface area contributed by atoms with E-state index in [1.807, 2.05) is 0 Å². The second kappa shape index (κ2) is 6.60. The Balaban J connectivity index is 2.06. The van der Waals surface area contributed by atoms with Crippen LogP contribution < -0.4 is 4.90 Å². The van der Waals surface area contributed by atoms with Crippen molar-refractivity contribution in [3.05, 3.63) is 28.4 Å². The molecule has 0 aliphatic carbocycles. The Morgan fingerprint density at radius 2 is 2.12 bits per heavy atom. The number of amides is 1. The number of likely N-dealkylation sites (N-methyl/N-ethyl adjacent to an activating group) is 1. The highest BCUT2D eigenvalue weighted by Gasteiger charge is 2.38. The lowest BCUT2D eigenvalue weighted by Gasteiger charge is -2.29. The fourth-order valence-electron chi connectivity index (χ4n) is 2.48. The summed E-state index contributed by atoms with van der Waals surface area (Å²) in [5, 5.41) is 20.9. The molecule has 1 aromatic rings. The number of carbonyl (C=O) groups is 1. The lowest BCUT2D eigenvalue weighted by atomic mass is 10.2. The first kappa shape index (κ1) is 17.9. The molecule has 2 rings (SSSR count). The number of nitrogens with zero attached hydrogens (tertiary/aromatic N) is 4. The van der Waals surface area contributed by atoms with E-state index in [0.29, 0.717) is 12.4 Å². The molecule has 9 nitrogen and oxygen atoms in total. The molecule has 0 spiro atoms. The van der Waals surface area contributed by atoms with Gasteiger partial charge in [-0.05, 0) is 26.8 Å². The maximum atomic E-state index is 12.1. The number of aliphatic hydroxyl groups is 1. The van der Waals surface area contributed by atoms with E-state index in [1.165, 1.54) is 23.2 Å². The number of hydrogen-bond donors (Lipinski definition) is 1. The molecule has 1 fully saturated rings. The van der Waals surface area contributed by atoms with Crippen LogP contribution in [0.15, 0.2) is 18.3 Å². The summed E-state index contributed by atoms with van der Waals surface area (Å²) in [6, 6.07) is 2.44. The van der Waals surface area contributed by atoms with Crippen LogP contribution in [0, 0.1) is 10.1 Å².